The van der Waals surface area contributed by atoms with E-state index in [2.05, 4.69) is 20.7 Å². The largest absolute Gasteiger partial charge is 0.484 e. The van der Waals surface area contributed by atoms with Gasteiger partial charge in [-0.15, -0.1) is 0 Å². The highest BCUT2D eigenvalue weighted by Crippen LogP contribution is 2.43. The zero-order valence-electron chi connectivity index (χ0n) is 24.3. The highest BCUT2D eigenvalue weighted by atomic mass is 19.4. The number of carbonyl (C=O) groups excluding carboxylic acids is 2. The number of aromatic nitrogens is 3. The molecule has 2 heterocycles. The fourth-order valence-corrected chi connectivity index (χ4v) is 5.58. The number of benzene rings is 1. The summed E-state index contributed by atoms with van der Waals surface area (Å²) >= 11 is 0. The molecule has 1 aromatic carbocycles. The summed E-state index contributed by atoms with van der Waals surface area (Å²) in [5.74, 6) is -4.90. The van der Waals surface area contributed by atoms with E-state index in [1.165, 1.54) is 35.1 Å². The van der Waals surface area contributed by atoms with Crippen molar-refractivity contribution in [2.45, 2.75) is 81.7 Å². The van der Waals surface area contributed by atoms with Crippen molar-refractivity contribution in [3.05, 3.63) is 59.5 Å². The van der Waals surface area contributed by atoms with Crippen molar-refractivity contribution in [1.29, 1.82) is 0 Å². The monoisotopic (exact) mass is 661 g/mol. The average Bonchev–Trinajstić information content (AvgIpc) is 3.74. The molecule has 0 bridgehead atoms. The van der Waals surface area contributed by atoms with E-state index in [4.69, 9.17) is 4.74 Å². The number of hydrogen-bond acceptors (Lipinski definition) is 5. The zero-order chi connectivity index (χ0) is 33.3. The summed E-state index contributed by atoms with van der Waals surface area (Å²) in [6.07, 6.45) is -7.19. The molecule has 2 aliphatic carbocycles. The minimum atomic E-state index is -4.58. The highest BCUT2D eigenvalue weighted by Gasteiger charge is 2.40. The molecule has 8 nitrogen and oxygen atoms in total. The van der Waals surface area contributed by atoms with Gasteiger partial charge in [-0.3, -0.25) is 9.59 Å². The van der Waals surface area contributed by atoms with Gasteiger partial charge in [-0.2, -0.15) is 31.4 Å². The molecule has 2 aromatic heterocycles. The number of carbonyl (C=O) groups is 2. The SMILES string of the molecule is O=C(CCC(F)(F)F)N[C@@H](c1cnn2cc([C@@H](NC(=O)c3cccc(OCC(F)(F)F)c3)C3CCC(F)(F)CC3)nc2c1)C1CC1. The van der Waals surface area contributed by atoms with Crippen molar-refractivity contribution >= 4 is 17.5 Å². The topological polar surface area (TPSA) is 97.6 Å². The predicted molar refractivity (Wildman–Crippen MR) is 147 cm³/mol. The van der Waals surface area contributed by atoms with Crippen LogP contribution < -0.4 is 15.4 Å². The molecule has 2 atom stereocenters. The predicted octanol–water partition coefficient (Wildman–Crippen LogP) is 6.88. The Balaban J connectivity index is 1.38. The van der Waals surface area contributed by atoms with Crippen molar-refractivity contribution in [1.82, 2.24) is 25.2 Å². The molecular weight excluding hydrogens is 630 g/mol. The number of halogens is 8. The lowest BCUT2D eigenvalue weighted by Crippen LogP contribution is -2.37. The van der Waals surface area contributed by atoms with Crippen LogP contribution in [0.4, 0.5) is 35.1 Å². The molecule has 2 amide bonds. The van der Waals surface area contributed by atoms with Crippen LogP contribution in [-0.2, 0) is 4.79 Å². The summed E-state index contributed by atoms with van der Waals surface area (Å²) in [6.45, 7) is -1.55. The summed E-state index contributed by atoms with van der Waals surface area (Å²) in [5, 5.41) is 9.83. The number of fused-ring (bicyclic) bond motifs is 1. The Bertz CT molecular complexity index is 1540. The van der Waals surface area contributed by atoms with Crippen LogP contribution in [0.2, 0.25) is 0 Å². The second-order valence-electron chi connectivity index (χ2n) is 11.8. The van der Waals surface area contributed by atoms with Crippen molar-refractivity contribution in [2.75, 3.05) is 6.61 Å². The van der Waals surface area contributed by atoms with Gasteiger partial charge in [-0.05, 0) is 67.3 Å². The first-order valence-corrected chi connectivity index (χ1v) is 14.7. The molecule has 0 unspecified atom stereocenters. The number of amides is 2. The molecular formula is C30H31F8N5O3. The summed E-state index contributed by atoms with van der Waals surface area (Å²) in [5.41, 5.74) is 1.12. The number of nitrogens with one attached hydrogen (secondary N) is 2. The Morgan fingerprint density at radius 2 is 1.65 bits per heavy atom. The maximum absolute atomic E-state index is 14.0. The molecule has 2 N–H and O–H groups in total. The number of nitrogens with zero attached hydrogens (tertiary/aromatic N) is 3. The molecule has 0 saturated heterocycles. The summed E-state index contributed by atoms with van der Waals surface area (Å²) in [6, 6.07) is 5.31. The molecule has 16 heteroatoms. The maximum atomic E-state index is 14.0. The van der Waals surface area contributed by atoms with Gasteiger partial charge in [0, 0.05) is 24.8 Å². The smallest absolute Gasteiger partial charge is 0.422 e. The number of alkyl halides is 8. The lowest BCUT2D eigenvalue weighted by Gasteiger charge is -2.33. The Hall–Kier alpha value is -3.98. The molecule has 5 rings (SSSR count). The lowest BCUT2D eigenvalue weighted by molar-refractivity contribution is -0.153. The van der Waals surface area contributed by atoms with Gasteiger partial charge >= 0.3 is 12.4 Å². The number of hydrogen-bond donors (Lipinski definition) is 2. The molecule has 46 heavy (non-hydrogen) atoms. The van der Waals surface area contributed by atoms with Crippen molar-refractivity contribution < 1.29 is 49.4 Å². The minimum absolute atomic E-state index is 0.0106. The van der Waals surface area contributed by atoms with E-state index in [-0.39, 0.29) is 30.1 Å². The third kappa shape index (κ3) is 9.06. The third-order valence-corrected chi connectivity index (χ3v) is 8.10. The standard InChI is InChI=1S/C30H31F8N5O3/c31-28(32)9-6-18(7-10-28)26(42-27(45)19-2-1-3-21(12-19)46-16-30(36,37)38)22-15-43-23(40-22)13-20(14-39-43)25(17-4-5-17)41-24(44)8-11-29(33,34)35/h1-3,12-15,17-18,25-26H,4-11,16H2,(H,41,44)(H,42,45)/t25-,26+/m1/s1. The second-order valence-corrected chi connectivity index (χ2v) is 11.8. The molecule has 2 fully saturated rings. The van der Waals surface area contributed by atoms with Gasteiger partial charge in [0.2, 0.25) is 11.8 Å². The maximum Gasteiger partial charge on any atom is 0.422 e. The van der Waals surface area contributed by atoms with Gasteiger partial charge in [0.1, 0.15) is 5.75 Å². The van der Waals surface area contributed by atoms with Crippen molar-refractivity contribution in [2.24, 2.45) is 11.8 Å². The van der Waals surface area contributed by atoms with Gasteiger partial charge in [0.15, 0.2) is 12.3 Å². The fraction of sp³-hybridized carbons (Fsp3) is 0.533. The third-order valence-electron chi connectivity index (χ3n) is 8.10. The van der Waals surface area contributed by atoms with Crippen LogP contribution in [0.1, 0.15) is 85.1 Å². The molecule has 3 aromatic rings. The van der Waals surface area contributed by atoms with E-state index < -0.39 is 80.4 Å². The van der Waals surface area contributed by atoms with Gasteiger partial charge in [0.25, 0.3) is 5.91 Å². The lowest BCUT2D eigenvalue weighted by atomic mass is 9.81. The summed E-state index contributed by atoms with van der Waals surface area (Å²) in [4.78, 5) is 30.2. The first-order chi connectivity index (χ1) is 21.6. The van der Waals surface area contributed by atoms with Crippen molar-refractivity contribution in [3.63, 3.8) is 0 Å². The first-order valence-electron chi connectivity index (χ1n) is 14.7. The molecule has 0 radical (unpaired) electrons. The van der Waals surface area contributed by atoms with E-state index in [1.807, 2.05) is 0 Å². The Morgan fingerprint density at radius 3 is 2.30 bits per heavy atom. The van der Waals surface area contributed by atoms with Crippen LogP contribution >= 0.6 is 0 Å². The normalized spacial score (nSPS) is 18.6. The number of ether oxygens (including phenoxy) is 1. The molecule has 2 aliphatic rings. The molecule has 0 spiro atoms. The quantitative estimate of drug-likeness (QED) is 0.219. The van der Waals surface area contributed by atoms with E-state index in [9.17, 15) is 44.7 Å². The molecule has 250 valence electrons. The van der Waals surface area contributed by atoms with E-state index in [0.717, 1.165) is 18.9 Å². The van der Waals surface area contributed by atoms with Gasteiger partial charge in [-0.1, -0.05) is 6.07 Å². The second kappa shape index (κ2) is 13.0. The minimum Gasteiger partial charge on any atom is -0.484 e. The van der Waals surface area contributed by atoms with E-state index in [1.54, 1.807) is 6.07 Å². The van der Waals surface area contributed by atoms with Crippen LogP contribution in [0, 0.1) is 11.8 Å². The Labute approximate surface area is 257 Å². The number of rotatable bonds is 11. The van der Waals surface area contributed by atoms with Crippen molar-refractivity contribution in [3.8, 4) is 5.75 Å². The Morgan fingerprint density at radius 1 is 0.957 bits per heavy atom. The molecule has 0 aliphatic heterocycles. The van der Waals surface area contributed by atoms with Crippen LogP contribution in [0.3, 0.4) is 0 Å². The van der Waals surface area contributed by atoms with E-state index in [0.29, 0.717) is 16.9 Å². The first kappa shape index (κ1) is 33.4. The zero-order valence-corrected chi connectivity index (χ0v) is 24.3. The van der Waals surface area contributed by atoms with E-state index >= 15 is 0 Å². The van der Waals surface area contributed by atoms with Crippen LogP contribution in [0.25, 0.3) is 5.65 Å². The Kier molecular flexibility index (Phi) is 9.45. The summed E-state index contributed by atoms with van der Waals surface area (Å²) in [7, 11) is 0. The van der Waals surface area contributed by atoms with Crippen LogP contribution in [0.15, 0.2) is 42.7 Å². The van der Waals surface area contributed by atoms with Gasteiger partial charge in [-0.25, -0.2) is 18.3 Å². The van der Waals surface area contributed by atoms with Crippen LogP contribution in [0.5, 0.6) is 5.75 Å². The fourth-order valence-electron chi connectivity index (χ4n) is 5.58. The number of imidazole rings is 1. The summed E-state index contributed by atoms with van der Waals surface area (Å²) < 4.78 is 110. The van der Waals surface area contributed by atoms with Crippen LogP contribution in [-0.4, -0.2) is 51.3 Å². The molecule has 2 saturated carbocycles. The van der Waals surface area contributed by atoms with Gasteiger partial charge in [0.05, 0.1) is 36.6 Å². The average molecular weight is 662 g/mol. The van der Waals surface area contributed by atoms with Gasteiger partial charge < -0.3 is 15.4 Å². The highest BCUT2D eigenvalue weighted by molar-refractivity contribution is 5.94.